The molecule has 0 aliphatic carbocycles. The number of alkyl carbamates (subject to hydrolysis) is 1. The Bertz CT molecular complexity index is 1360. The highest BCUT2D eigenvalue weighted by molar-refractivity contribution is 6.33. The predicted molar refractivity (Wildman–Crippen MR) is 168 cm³/mol. The molecule has 3 N–H and O–H groups in total. The summed E-state index contributed by atoms with van der Waals surface area (Å²) in [6, 6.07) is 21.6. The fraction of sp³-hybridized carbons (Fsp3) is 0.412. The van der Waals surface area contributed by atoms with Crippen LogP contribution in [0.2, 0.25) is 5.02 Å². The Labute approximate surface area is 254 Å². The number of aliphatic hydroxyl groups is 1. The molecule has 2 amide bonds. The quantitative estimate of drug-likeness (QED) is 0.232. The first-order valence-corrected chi connectivity index (χ1v) is 15.1. The Morgan fingerprint density at radius 1 is 1.10 bits per heavy atom. The summed E-state index contributed by atoms with van der Waals surface area (Å²) >= 11 is 6.87. The van der Waals surface area contributed by atoms with E-state index < -0.39 is 11.7 Å². The van der Waals surface area contributed by atoms with Gasteiger partial charge in [0.05, 0.1) is 12.7 Å². The number of nitrogens with one attached hydrogen (secondary N) is 2. The van der Waals surface area contributed by atoms with Crippen LogP contribution in [0.25, 0.3) is 11.1 Å². The monoisotopic (exact) mass is 591 g/mol. The molecule has 0 saturated carbocycles. The highest BCUT2D eigenvalue weighted by Gasteiger charge is 2.43. The van der Waals surface area contributed by atoms with Gasteiger partial charge in [0.15, 0.2) is 0 Å². The molecule has 1 aliphatic heterocycles. The van der Waals surface area contributed by atoms with E-state index >= 15 is 0 Å². The van der Waals surface area contributed by atoms with Crippen LogP contribution in [0.3, 0.4) is 0 Å². The topological polar surface area (TPSA) is 90.9 Å². The van der Waals surface area contributed by atoms with Crippen LogP contribution in [0.4, 0.5) is 4.79 Å². The van der Waals surface area contributed by atoms with Gasteiger partial charge in [-0.05, 0) is 79.6 Å². The fourth-order valence-electron chi connectivity index (χ4n) is 6.01. The summed E-state index contributed by atoms with van der Waals surface area (Å²) in [7, 11) is 3.22. The molecule has 1 heterocycles. The fourth-order valence-corrected chi connectivity index (χ4v) is 6.29. The zero-order chi connectivity index (χ0) is 30.1. The maximum atomic E-state index is 13.6. The number of methoxy groups -OCH3 is 1. The normalized spacial score (nSPS) is 16.5. The van der Waals surface area contributed by atoms with E-state index in [-0.39, 0.29) is 11.8 Å². The summed E-state index contributed by atoms with van der Waals surface area (Å²) in [5, 5.41) is 19.2. The molecule has 224 valence electrons. The second-order valence-corrected chi connectivity index (χ2v) is 11.4. The number of carbonyl (C=O) groups is 2. The number of amides is 2. The molecule has 3 aromatic carbocycles. The van der Waals surface area contributed by atoms with Crippen molar-refractivity contribution in [3.63, 3.8) is 0 Å². The van der Waals surface area contributed by atoms with Gasteiger partial charge in [0.2, 0.25) is 0 Å². The number of hydrogen-bond acceptors (Lipinski definition) is 5. The molecule has 0 spiro atoms. The summed E-state index contributed by atoms with van der Waals surface area (Å²) in [5.41, 5.74) is 4.14. The molecular formula is C34H42ClN3O4. The number of nitrogens with zero attached hydrogens (tertiary/aromatic N) is 1. The van der Waals surface area contributed by atoms with Gasteiger partial charge in [0, 0.05) is 48.2 Å². The second kappa shape index (κ2) is 14.7. The number of piperidine rings is 1. The first-order chi connectivity index (χ1) is 20.3. The van der Waals surface area contributed by atoms with E-state index in [0.29, 0.717) is 43.1 Å². The minimum absolute atomic E-state index is 0.0348. The summed E-state index contributed by atoms with van der Waals surface area (Å²) in [6.07, 6.45) is 2.80. The molecule has 0 radical (unpaired) electrons. The Morgan fingerprint density at radius 2 is 1.86 bits per heavy atom. The van der Waals surface area contributed by atoms with E-state index in [9.17, 15) is 14.7 Å². The van der Waals surface area contributed by atoms with Crippen LogP contribution in [0.5, 0.6) is 0 Å². The van der Waals surface area contributed by atoms with E-state index in [4.69, 9.17) is 16.3 Å². The van der Waals surface area contributed by atoms with Gasteiger partial charge in [-0.25, -0.2) is 4.79 Å². The van der Waals surface area contributed by atoms with E-state index in [1.54, 1.807) is 0 Å². The number of rotatable bonds is 11. The number of halogens is 1. The molecule has 1 saturated heterocycles. The Balaban J connectivity index is 1.69. The van der Waals surface area contributed by atoms with Crippen LogP contribution in [-0.4, -0.2) is 55.8 Å². The SMILES string of the molecule is CCc1cccc(-c2c(Cl)cccc2C(O)(CCCNC(=O)OC)[C@@H]2CCCN(C(=O)c3ccc(CNC)cc3)C2)c1. The maximum Gasteiger partial charge on any atom is 0.406 e. The van der Waals surface area contributed by atoms with Crippen LogP contribution in [0, 0.1) is 5.92 Å². The summed E-state index contributed by atoms with van der Waals surface area (Å²) in [4.78, 5) is 27.2. The van der Waals surface area contributed by atoms with Crippen molar-refractivity contribution < 1.29 is 19.4 Å². The van der Waals surface area contributed by atoms with Crippen molar-refractivity contribution in [1.82, 2.24) is 15.5 Å². The Kier molecular flexibility index (Phi) is 11.0. The van der Waals surface area contributed by atoms with Gasteiger partial charge in [-0.2, -0.15) is 0 Å². The van der Waals surface area contributed by atoms with Crippen molar-refractivity contribution in [2.45, 2.75) is 51.2 Å². The molecule has 0 aromatic heterocycles. The van der Waals surface area contributed by atoms with Crippen LogP contribution in [-0.2, 0) is 23.3 Å². The summed E-state index contributed by atoms with van der Waals surface area (Å²) in [6.45, 7) is 4.25. The number of carbonyl (C=O) groups excluding carboxylic acids is 2. The largest absolute Gasteiger partial charge is 0.453 e. The predicted octanol–water partition coefficient (Wildman–Crippen LogP) is 6.17. The first kappa shape index (κ1) is 31.5. The van der Waals surface area contributed by atoms with Crippen molar-refractivity contribution in [3.05, 3.63) is 94.0 Å². The van der Waals surface area contributed by atoms with Gasteiger partial charge in [-0.3, -0.25) is 4.79 Å². The lowest BCUT2D eigenvalue weighted by atomic mass is 9.72. The number of hydrogen-bond donors (Lipinski definition) is 3. The van der Waals surface area contributed by atoms with Crippen LogP contribution in [0.15, 0.2) is 66.7 Å². The molecule has 2 atom stereocenters. The molecule has 4 rings (SSSR count). The van der Waals surface area contributed by atoms with Gasteiger partial charge >= 0.3 is 6.09 Å². The number of likely N-dealkylation sites (tertiary alicyclic amines) is 1. The molecule has 1 aliphatic rings. The van der Waals surface area contributed by atoms with E-state index in [1.807, 2.05) is 66.5 Å². The third-order valence-corrected chi connectivity index (χ3v) is 8.57. The van der Waals surface area contributed by atoms with Gasteiger partial charge in [-0.1, -0.05) is 67.1 Å². The van der Waals surface area contributed by atoms with Gasteiger partial charge < -0.3 is 25.4 Å². The number of benzene rings is 3. The van der Waals surface area contributed by atoms with Crippen LogP contribution < -0.4 is 10.6 Å². The lowest BCUT2D eigenvalue weighted by molar-refractivity contribution is -0.0563. The Morgan fingerprint density at radius 3 is 2.57 bits per heavy atom. The molecular weight excluding hydrogens is 550 g/mol. The van der Waals surface area contributed by atoms with E-state index in [0.717, 1.165) is 48.1 Å². The average molecular weight is 592 g/mol. The molecule has 3 aromatic rings. The zero-order valence-corrected chi connectivity index (χ0v) is 25.5. The molecule has 8 heteroatoms. The standard InChI is InChI=1S/C34H42ClN3O4/c1-4-24-9-5-10-27(21-24)31-29(12-6-13-30(31)35)34(41,18-8-19-37-33(40)42-3)28-11-7-20-38(23-28)32(39)26-16-14-25(15-17-26)22-36-2/h5-6,9-10,12-17,21,28,36,41H,4,7-8,11,18-20,22-23H2,1-3H3,(H,37,40)/t28-,34?/m1/s1. The van der Waals surface area contributed by atoms with E-state index in [1.165, 1.54) is 12.7 Å². The molecule has 1 unspecified atom stereocenters. The van der Waals surface area contributed by atoms with Crippen LogP contribution >= 0.6 is 11.6 Å². The second-order valence-electron chi connectivity index (χ2n) is 11.0. The number of aryl methyl sites for hydroxylation is 1. The molecule has 7 nitrogen and oxygen atoms in total. The van der Waals surface area contributed by atoms with Gasteiger partial charge in [0.25, 0.3) is 5.91 Å². The zero-order valence-electron chi connectivity index (χ0n) is 24.8. The maximum absolute atomic E-state index is 13.6. The Hall–Kier alpha value is -3.39. The number of ether oxygens (including phenoxy) is 1. The third kappa shape index (κ3) is 7.33. The van der Waals surface area contributed by atoms with Crippen LogP contribution in [0.1, 0.15) is 59.7 Å². The first-order valence-electron chi connectivity index (χ1n) is 14.8. The third-order valence-electron chi connectivity index (χ3n) is 8.26. The average Bonchev–Trinajstić information content (AvgIpc) is 3.03. The van der Waals surface area contributed by atoms with Crippen molar-refractivity contribution >= 4 is 23.6 Å². The lowest BCUT2D eigenvalue weighted by Gasteiger charge is -2.44. The highest BCUT2D eigenvalue weighted by Crippen LogP contribution is 2.45. The summed E-state index contributed by atoms with van der Waals surface area (Å²) in [5.74, 6) is -0.268. The minimum atomic E-state index is -1.30. The van der Waals surface area contributed by atoms with Gasteiger partial charge in [0.1, 0.15) is 0 Å². The molecule has 1 fully saturated rings. The van der Waals surface area contributed by atoms with Crippen molar-refractivity contribution in [1.29, 1.82) is 0 Å². The summed E-state index contributed by atoms with van der Waals surface area (Å²) < 4.78 is 4.72. The van der Waals surface area contributed by atoms with Crippen molar-refractivity contribution in [2.24, 2.45) is 5.92 Å². The molecule has 0 bridgehead atoms. The lowest BCUT2D eigenvalue weighted by Crippen LogP contribution is -2.48. The minimum Gasteiger partial charge on any atom is -0.453 e. The van der Waals surface area contributed by atoms with Gasteiger partial charge in [-0.15, -0.1) is 0 Å². The smallest absolute Gasteiger partial charge is 0.406 e. The molecule has 42 heavy (non-hydrogen) atoms. The highest BCUT2D eigenvalue weighted by atomic mass is 35.5. The van der Waals surface area contributed by atoms with Crippen molar-refractivity contribution in [3.8, 4) is 11.1 Å². The van der Waals surface area contributed by atoms with E-state index in [2.05, 4.69) is 29.7 Å². The van der Waals surface area contributed by atoms with Crippen molar-refractivity contribution in [2.75, 3.05) is 33.8 Å².